The summed E-state index contributed by atoms with van der Waals surface area (Å²) in [6.45, 7) is 3.04. The van der Waals surface area contributed by atoms with Crippen LogP contribution in [0, 0.1) is 11.3 Å². The molecule has 0 bridgehead atoms. The second-order valence-corrected chi connectivity index (χ2v) is 7.17. The van der Waals surface area contributed by atoms with E-state index in [0.29, 0.717) is 5.56 Å². The van der Waals surface area contributed by atoms with Gasteiger partial charge >= 0.3 is 0 Å². The Balaban J connectivity index is 1.72. The van der Waals surface area contributed by atoms with Gasteiger partial charge in [-0.3, -0.25) is 0 Å². The molecule has 0 saturated carbocycles. The second kappa shape index (κ2) is 11.6. The highest BCUT2D eigenvalue weighted by Crippen LogP contribution is 2.29. The zero-order valence-corrected chi connectivity index (χ0v) is 16.6. The number of hydrogen-bond acceptors (Lipinski definition) is 3. The van der Waals surface area contributed by atoms with Gasteiger partial charge in [0.1, 0.15) is 5.75 Å². The summed E-state index contributed by atoms with van der Waals surface area (Å²) in [4.78, 5) is 0.816. The molecule has 2 nitrogen and oxygen atoms in total. The molecule has 0 aliphatic carbocycles. The van der Waals surface area contributed by atoms with Crippen molar-refractivity contribution in [3.63, 3.8) is 0 Å². The van der Waals surface area contributed by atoms with Crippen LogP contribution in [0.25, 0.3) is 11.1 Å². The lowest BCUT2D eigenvalue weighted by molar-refractivity contribution is 0.304. The molecular weight excluding hydrogens is 338 g/mol. The minimum absolute atomic E-state index is 0.629. The minimum atomic E-state index is 0.629. The summed E-state index contributed by atoms with van der Waals surface area (Å²) in [6, 6.07) is 15.8. The molecule has 0 fully saturated rings. The molecule has 2 rings (SSSR count). The van der Waals surface area contributed by atoms with Gasteiger partial charge in [0.15, 0.2) is 0 Å². The van der Waals surface area contributed by atoms with Crippen LogP contribution >= 0.6 is 12.6 Å². The molecule has 0 aliphatic heterocycles. The van der Waals surface area contributed by atoms with Crippen molar-refractivity contribution in [2.24, 2.45) is 0 Å². The van der Waals surface area contributed by atoms with Crippen molar-refractivity contribution in [2.45, 2.75) is 63.2 Å². The van der Waals surface area contributed by atoms with E-state index in [1.165, 1.54) is 44.9 Å². The standard InChI is InChI=1S/C23H29NOS/c1-2-3-4-5-6-7-8-9-16-25-21-13-11-20(12-14-21)22-15-10-19(18-24)17-23(22)26/h10-15,17,26H,2-9,16H2,1H3. The molecule has 138 valence electrons. The van der Waals surface area contributed by atoms with Gasteiger partial charge < -0.3 is 4.74 Å². The molecule has 3 heteroatoms. The third-order valence-corrected chi connectivity index (χ3v) is 4.93. The molecule has 2 aromatic rings. The molecule has 2 aromatic carbocycles. The molecule has 0 aromatic heterocycles. The fourth-order valence-electron chi connectivity index (χ4n) is 3.00. The number of nitrogens with zero attached hydrogens (tertiary/aromatic N) is 1. The second-order valence-electron chi connectivity index (χ2n) is 6.69. The number of thiol groups is 1. The van der Waals surface area contributed by atoms with Crippen LogP contribution in [0.2, 0.25) is 0 Å². The SMILES string of the molecule is CCCCCCCCCCOc1ccc(-c2ccc(C#N)cc2S)cc1. The molecule has 0 aliphatic rings. The third-order valence-electron chi connectivity index (χ3n) is 4.56. The highest BCUT2D eigenvalue weighted by atomic mass is 32.1. The number of hydrogen-bond donors (Lipinski definition) is 1. The maximum Gasteiger partial charge on any atom is 0.119 e. The van der Waals surface area contributed by atoms with Crippen molar-refractivity contribution in [2.75, 3.05) is 6.61 Å². The Bertz CT molecular complexity index is 703. The van der Waals surface area contributed by atoms with Gasteiger partial charge in [-0.1, -0.05) is 70.1 Å². The zero-order valence-electron chi connectivity index (χ0n) is 15.7. The number of ether oxygens (including phenoxy) is 1. The highest BCUT2D eigenvalue weighted by molar-refractivity contribution is 7.80. The molecule has 0 saturated heterocycles. The van der Waals surface area contributed by atoms with Gasteiger partial charge in [-0.15, -0.1) is 12.6 Å². The smallest absolute Gasteiger partial charge is 0.119 e. The molecule has 0 unspecified atom stereocenters. The van der Waals surface area contributed by atoms with Crippen LogP contribution in [0.15, 0.2) is 47.4 Å². The summed E-state index contributed by atoms with van der Waals surface area (Å²) < 4.78 is 5.85. The first-order valence-electron chi connectivity index (χ1n) is 9.71. The Morgan fingerprint density at radius 1 is 0.885 bits per heavy atom. The van der Waals surface area contributed by atoms with E-state index in [1.54, 1.807) is 6.07 Å². The Labute approximate surface area is 163 Å². The van der Waals surface area contributed by atoms with Crippen molar-refractivity contribution in [3.8, 4) is 22.9 Å². The van der Waals surface area contributed by atoms with Crippen LogP contribution in [-0.2, 0) is 0 Å². The maximum atomic E-state index is 8.94. The van der Waals surface area contributed by atoms with Crippen molar-refractivity contribution >= 4 is 12.6 Å². The van der Waals surface area contributed by atoms with Gasteiger partial charge in [-0.25, -0.2) is 0 Å². The van der Waals surface area contributed by atoms with Crippen LogP contribution in [0.3, 0.4) is 0 Å². The topological polar surface area (TPSA) is 33.0 Å². The minimum Gasteiger partial charge on any atom is -0.494 e. The van der Waals surface area contributed by atoms with Crippen molar-refractivity contribution in [1.29, 1.82) is 5.26 Å². The molecule has 0 amide bonds. The number of rotatable bonds is 11. The van der Waals surface area contributed by atoms with Crippen LogP contribution in [-0.4, -0.2) is 6.61 Å². The fraction of sp³-hybridized carbons (Fsp3) is 0.435. The quantitative estimate of drug-likeness (QED) is 0.341. The number of nitriles is 1. The van der Waals surface area contributed by atoms with E-state index in [-0.39, 0.29) is 0 Å². The van der Waals surface area contributed by atoms with Gasteiger partial charge in [0, 0.05) is 4.90 Å². The lowest BCUT2D eigenvalue weighted by atomic mass is 10.0. The fourth-order valence-corrected chi connectivity index (χ4v) is 3.34. The lowest BCUT2D eigenvalue weighted by Gasteiger charge is -2.09. The molecule has 0 heterocycles. The van der Waals surface area contributed by atoms with Crippen molar-refractivity contribution in [1.82, 2.24) is 0 Å². The molecule has 0 radical (unpaired) electrons. The van der Waals surface area contributed by atoms with E-state index in [2.05, 4.69) is 25.6 Å². The molecule has 0 N–H and O–H groups in total. The third kappa shape index (κ3) is 6.77. The first-order valence-corrected chi connectivity index (χ1v) is 10.2. The summed E-state index contributed by atoms with van der Waals surface area (Å²) >= 11 is 4.49. The molecule has 26 heavy (non-hydrogen) atoms. The Kier molecular flexibility index (Phi) is 9.14. The lowest BCUT2D eigenvalue weighted by Crippen LogP contribution is -1.97. The molecular formula is C23H29NOS. The maximum absolute atomic E-state index is 8.94. The molecule has 0 atom stereocenters. The summed E-state index contributed by atoms with van der Waals surface area (Å²) in [6.07, 6.45) is 10.5. The van der Waals surface area contributed by atoms with Crippen LogP contribution < -0.4 is 4.74 Å². The average molecular weight is 368 g/mol. The Morgan fingerprint density at radius 3 is 2.15 bits per heavy atom. The Hall–Kier alpha value is -1.92. The number of unbranched alkanes of at least 4 members (excludes halogenated alkanes) is 7. The zero-order chi connectivity index (χ0) is 18.6. The van der Waals surface area contributed by atoms with Crippen LogP contribution in [0.1, 0.15) is 63.9 Å². The average Bonchev–Trinajstić information content (AvgIpc) is 2.67. The number of benzene rings is 2. The van der Waals surface area contributed by atoms with Gasteiger partial charge in [0.05, 0.1) is 18.2 Å². The summed E-state index contributed by atoms with van der Waals surface area (Å²) in [7, 11) is 0. The van der Waals surface area contributed by atoms with Gasteiger partial charge in [-0.2, -0.15) is 5.26 Å². The largest absolute Gasteiger partial charge is 0.494 e. The van der Waals surface area contributed by atoms with Gasteiger partial charge in [0.2, 0.25) is 0 Å². The highest BCUT2D eigenvalue weighted by Gasteiger charge is 2.04. The van der Waals surface area contributed by atoms with Crippen molar-refractivity contribution in [3.05, 3.63) is 48.0 Å². The van der Waals surface area contributed by atoms with Gasteiger partial charge in [0.25, 0.3) is 0 Å². The van der Waals surface area contributed by atoms with E-state index in [9.17, 15) is 0 Å². The van der Waals surface area contributed by atoms with Crippen LogP contribution in [0.5, 0.6) is 5.75 Å². The van der Waals surface area contributed by atoms with E-state index < -0.39 is 0 Å². The predicted molar refractivity (Wildman–Crippen MR) is 112 cm³/mol. The van der Waals surface area contributed by atoms with Crippen molar-refractivity contribution < 1.29 is 4.74 Å². The van der Waals surface area contributed by atoms with E-state index in [0.717, 1.165) is 34.8 Å². The summed E-state index contributed by atoms with van der Waals surface area (Å²) in [5, 5.41) is 8.94. The van der Waals surface area contributed by atoms with E-state index >= 15 is 0 Å². The van der Waals surface area contributed by atoms with Crippen LogP contribution in [0.4, 0.5) is 0 Å². The summed E-state index contributed by atoms with van der Waals surface area (Å²) in [5.41, 5.74) is 2.74. The first kappa shape index (κ1) is 20.4. The summed E-state index contributed by atoms with van der Waals surface area (Å²) in [5.74, 6) is 0.908. The monoisotopic (exact) mass is 367 g/mol. The Morgan fingerprint density at radius 2 is 1.54 bits per heavy atom. The predicted octanol–water partition coefficient (Wildman–Crippen LogP) is 7.03. The normalized spacial score (nSPS) is 10.5. The molecule has 0 spiro atoms. The first-order chi connectivity index (χ1) is 12.7. The van der Waals surface area contributed by atoms with E-state index in [4.69, 9.17) is 10.00 Å². The van der Waals surface area contributed by atoms with E-state index in [1.807, 2.05) is 36.4 Å². The van der Waals surface area contributed by atoms with Gasteiger partial charge in [-0.05, 0) is 41.8 Å².